The molecule has 0 bridgehead atoms. The van der Waals surface area contributed by atoms with E-state index in [-0.39, 0.29) is 23.7 Å². The molecule has 6 nitrogen and oxygen atoms in total. The van der Waals surface area contributed by atoms with Crippen LogP contribution in [0.25, 0.3) is 22.3 Å². The summed E-state index contributed by atoms with van der Waals surface area (Å²) >= 11 is 0. The average Bonchev–Trinajstić information content (AvgIpc) is 3.21. The highest BCUT2D eigenvalue weighted by molar-refractivity contribution is 5.93. The van der Waals surface area contributed by atoms with Crippen LogP contribution >= 0.6 is 0 Å². The van der Waals surface area contributed by atoms with Gasteiger partial charge in [0.25, 0.3) is 0 Å². The lowest BCUT2D eigenvalue weighted by Gasteiger charge is -2.17. The van der Waals surface area contributed by atoms with Crippen LogP contribution in [0.3, 0.4) is 0 Å². The Morgan fingerprint density at radius 1 is 0.444 bits per heavy atom. The summed E-state index contributed by atoms with van der Waals surface area (Å²) in [7, 11) is 0. The molecule has 5 aromatic carbocycles. The fourth-order valence-electron chi connectivity index (χ4n) is 6.30. The molecule has 2 atom stereocenters. The van der Waals surface area contributed by atoms with E-state index in [0.29, 0.717) is 11.1 Å². The summed E-state index contributed by atoms with van der Waals surface area (Å²) in [6, 6.07) is 37.3. The molecule has 6 heteroatoms. The quantitative estimate of drug-likeness (QED) is 0.0452. The van der Waals surface area contributed by atoms with Crippen LogP contribution in [0.1, 0.15) is 113 Å². The van der Waals surface area contributed by atoms with Crippen molar-refractivity contribution in [1.29, 1.82) is 0 Å². The topological polar surface area (TPSA) is 71.1 Å². The van der Waals surface area contributed by atoms with Gasteiger partial charge < -0.3 is 18.9 Å². The third kappa shape index (κ3) is 11.8. The molecular formula is C48H54O6. The van der Waals surface area contributed by atoms with Crippen molar-refractivity contribution in [3.8, 4) is 45.3 Å². The number of carbonyl (C=O) groups is 2. The van der Waals surface area contributed by atoms with Gasteiger partial charge in [-0.15, -0.1) is 0 Å². The molecule has 0 fully saturated rings. The molecule has 0 spiro atoms. The summed E-state index contributed by atoms with van der Waals surface area (Å²) in [6.07, 6.45) is 11.8. The summed E-state index contributed by atoms with van der Waals surface area (Å²) in [5, 5.41) is 0. The molecule has 0 saturated heterocycles. The van der Waals surface area contributed by atoms with Crippen molar-refractivity contribution in [3.63, 3.8) is 0 Å². The van der Waals surface area contributed by atoms with Gasteiger partial charge in [-0.2, -0.15) is 0 Å². The van der Waals surface area contributed by atoms with Gasteiger partial charge in [0.05, 0.1) is 23.3 Å². The first kappa shape index (κ1) is 39.8. The van der Waals surface area contributed by atoms with Crippen molar-refractivity contribution in [2.75, 3.05) is 0 Å². The Hall–Kier alpha value is -5.36. The Labute approximate surface area is 321 Å². The van der Waals surface area contributed by atoms with E-state index < -0.39 is 11.9 Å². The Morgan fingerprint density at radius 2 is 0.796 bits per heavy atom. The SMILES string of the molecule is CCCCC[C@@H](CC)Oc1ccc(-c2ccc(C(=O)Oc3cccc(OC(=O)c4ccc(-c5ccc(O[C@H](CC)CCCCC)cc5)cc4)c3)cc2)cc1. The smallest absolute Gasteiger partial charge is 0.343 e. The van der Waals surface area contributed by atoms with Gasteiger partial charge >= 0.3 is 11.9 Å². The zero-order valence-corrected chi connectivity index (χ0v) is 32.2. The van der Waals surface area contributed by atoms with Gasteiger partial charge in [-0.1, -0.05) is 108 Å². The minimum absolute atomic E-state index is 0.229. The van der Waals surface area contributed by atoms with Crippen molar-refractivity contribution < 1.29 is 28.5 Å². The largest absolute Gasteiger partial charge is 0.490 e. The predicted molar refractivity (Wildman–Crippen MR) is 218 cm³/mol. The second kappa shape index (κ2) is 20.8. The molecule has 0 N–H and O–H groups in total. The number of unbranched alkanes of at least 4 members (excludes halogenated alkanes) is 4. The van der Waals surface area contributed by atoms with Crippen molar-refractivity contribution in [2.24, 2.45) is 0 Å². The molecule has 282 valence electrons. The van der Waals surface area contributed by atoms with E-state index in [2.05, 4.69) is 27.7 Å². The standard InChI is InChI=1S/C48H54O6/c1-5-9-11-14-41(7-3)51-43-30-26-37(27-31-43)35-18-22-39(23-19-35)47(49)53-45-16-13-17-46(34-45)54-48(50)40-24-20-36(21-25-40)38-28-32-44(33-29-38)52-42(8-4)15-12-10-6-2/h13,16-34,41-42H,5-12,14-15H2,1-4H3/t41-,42-/m1/s1. The van der Waals surface area contributed by atoms with Crippen molar-refractivity contribution in [3.05, 3.63) is 132 Å². The average molecular weight is 727 g/mol. The fraction of sp³-hybridized carbons (Fsp3) is 0.333. The number of benzene rings is 5. The van der Waals surface area contributed by atoms with E-state index in [1.54, 1.807) is 42.5 Å². The van der Waals surface area contributed by atoms with Gasteiger partial charge in [-0.3, -0.25) is 0 Å². The summed E-state index contributed by atoms with van der Waals surface area (Å²) < 4.78 is 23.7. The summed E-state index contributed by atoms with van der Waals surface area (Å²) in [5.41, 5.74) is 4.85. The molecule has 0 aliphatic rings. The Bertz CT molecular complexity index is 1740. The number of esters is 2. The van der Waals surface area contributed by atoms with Crippen LogP contribution in [0.15, 0.2) is 121 Å². The second-order valence-electron chi connectivity index (χ2n) is 13.7. The van der Waals surface area contributed by atoms with E-state index in [1.165, 1.54) is 44.6 Å². The van der Waals surface area contributed by atoms with Crippen LogP contribution in [-0.2, 0) is 0 Å². The fourth-order valence-corrected chi connectivity index (χ4v) is 6.30. The Kier molecular flexibility index (Phi) is 15.3. The van der Waals surface area contributed by atoms with Gasteiger partial charge in [0.1, 0.15) is 23.0 Å². The number of rotatable bonds is 20. The van der Waals surface area contributed by atoms with Gasteiger partial charge in [-0.25, -0.2) is 9.59 Å². The zero-order valence-electron chi connectivity index (χ0n) is 32.2. The minimum atomic E-state index is -0.505. The maximum absolute atomic E-state index is 13.0. The molecule has 0 radical (unpaired) electrons. The highest BCUT2D eigenvalue weighted by Gasteiger charge is 2.14. The van der Waals surface area contributed by atoms with Gasteiger partial charge in [-0.05, 0) is 121 Å². The van der Waals surface area contributed by atoms with Crippen LogP contribution in [0.4, 0.5) is 0 Å². The first-order chi connectivity index (χ1) is 26.4. The van der Waals surface area contributed by atoms with Crippen LogP contribution in [-0.4, -0.2) is 24.1 Å². The van der Waals surface area contributed by atoms with E-state index >= 15 is 0 Å². The number of ether oxygens (including phenoxy) is 4. The number of hydrogen-bond donors (Lipinski definition) is 0. The monoisotopic (exact) mass is 726 g/mol. The lowest BCUT2D eigenvalue weighted by Crippen LogP contribution is -2.15. The molecule has 0 saturated carbocycles. The van der Waals surface area contributed by atoms with Gasteiger partial charge in [0, 0.05) is 6.07 Å². The molecular weight excluding hydrogens is 673 g/mol. The molecule has 54 heavy (non-hydrogen) atoms. The predicted octanol–water partition coefficient (Wildman–Crippen LogP) is 12.9. The molecule has 0 heterocycles. The lowest BCUT2D eigenvalue weighted by atomic mass is 10.0. The third-order valence-corrected chi connectivity index (χ3v) is 9.62. The molecule has 0 unspecified atom stereocenters. The van der Waals surface area contributed by atoms with E-state index in [4.69, 9.17) is 18.9 Å². The lowest BCUT2D eigenvalue weighted by molar-refractivity contribution is 0.0732. The summed E-state index contributed by atoms with van der Waals surface area (Å²) in [5.74, 6) is 1.28. The highest BCUT2D eigenvalue weighted by atomic mass is 16.5. The molecule has 5 rings (SSSR count). The van der Waals surface area contributed by atoms with Crippen LogP contribution in [0.2, 0.25) is 0 Å². The second-order valence-corrected chi connectivity index (χ2v) is 13.7. The summed E-state index contributed by atoms with van der Waals surface area (Å²) in [6.45, 7) is 8.76. The molecule has 0 aromatic heterocycles. The van der Waals surface area contributed by atoms with Crippen LogP contribution < -0.4 is 18.9 Å². The highest BCUT2D eigenvalue weighted by Crippen LogP contribution is 2.28. The van der Waals surface area contributed by atoms with Crippen molar-refractivity contribution in [1.82, 2.24) is 0 Å². The van der Waals surface area contributed by atoms with Crippen molar-refractivity contribution >= 4 is 11.9 Å². The summed E-state index contributed by atoms with van der Waals surface area (Å²) in [4.78, 5) is 26.0. The molecule has 5 aromatic rings. The zero-order chi connectivity index (χ0) is 38.1. The Morgan fingerprint density at radius 3 is 1.13 bits per heavy atom. The first-order valence-corrected chi connectivity index (χ1v) is 19.7. The first-order valence-electron chi connectivity index (χ1n) is 19.7. The van der Waals surface area contributed by atoms with Gasteiger partial charge in [0.2, 0.25) is 0 Å². The van der Waals surface area contributed by atoms with Crippen LogP contribution in [0.5, 0.6) is 23.0 Å². The molecule has 0 amide bonds. The van der Waals surface area contributed by atoms with Crippen LogP contribution in [0, 0.1) is 0 Å². The number of carbonyl (C=O) groups excluding carboxylic acids is 2. The normalized spacial score (nSPS) is 12.1. The van der Waals surface area contributed by atoms with E-state index in [9.17, 15) is 9.59 Å². The third-order valence-electron chi connectivity index (χ3n) is 9.62. The van der Waals surface area contributed by atoms with E-state index in [1.807, 2.05) is 72.8 Å². The van der Waals surface area contributed by atoms with Gasteiger partial charge in [0.15, 0.2) is 0 Å². The molecule has 0 aliphatic heterocycles. The minimum Gasteiger partial charge on any atom is -0.490 e. The molecule has 0 aliphatic carbocycles. The maximum atomic E-state index is 13.0. The Balaban J connectivity index is 1.12. The maximum Gasteiger partial charge on any atom is 0.343 e. The number of hydrogen-bond acceptors (Lipinski definition) is 6. The van der Waals surface area contributed by atoms with E-state index in [0.717, 1.165) is 59.4 Å². The van der Waals surface area contributed by atoms with Crippen molar-refractivity contribution in [2.45, 2.75) is 104 Å².